The van der Waals surface area contributed by atoms with E-state index in [-0.39, 0.29) is 31.2 Å². The number of anilines is 2. The SMILES string of the molecule is COCCn1c(N)c(N(Cc2ccccc2)C(=O)/C=C/c2ccc(-n3ccnc3)cc2)c(=O)[nH]c1=O. The first-order chi connectivity index (χ1) is 17.5. The third kappa shape index (κ3) is 5.50. The van der Waals surface area contributed by atoms with Crippen LogP contribution in [0.5, 0.6) is 0 Å². The lowest BCUT2D eigenvalue weighted by Gasteiger charge is -2.23. The molecule has 0 aliphatic carbocycles. The lowest BCUT2D eigenvalue weighted by atomic mass is 10.1. The van der Waals surface area contributed by atoms with Gasteiger partial charge in [-0.2, -0.15) is 0 Å². The number of H-pyrrole nitrogens is 1. The molecule has 0 saturated carbocycles. The highest BCUT2D eigenvalue weighted by Crippen LogP contribution is 2.20. The highest BCUT2D eigenvalue weighted by molar-refractivity contribution is 6.05. The van der Waals surface area contributed by atoms with Crippen molar-refractivity contribution in [3.63, 3.8) is 0 Å². The average Bonchev–Trinajstić information content (AvgIpc) is 3.42. The number of rotatable bonds is 9. The maximum atomic E-state index is 13.4. The van der Waals surface area contributed by atoms with Gasteiger partial charge >= 0.3 is 5.69 Å². The minimum Gasteiger partial charge on any atom is -0.383 e. The molecule has 4 rings (SSSR count). The molecule has 2 aromatic carbocycles. The number of nitrogens with one attached hydrogen (secondary N) is 1. The van der Waals surface area contributed by atoms with Gasteiger partial charge in [0.25, 0.3) is 11.5 Å². The normalized spacial score (nSPS) is 11.1. The number of carbonyl (C=O) groups excluding carboxylic acids is 1. The van der Waals surface area contributed by atoms with Gasteiger partial charge in [-0.1, -0.05) is 42.5 Å². The maximum absolute atomic E-state index is 13.4. The van der Waals surface area contributed by atoms with Crippen molar-refractivity contribution in [2.24, 2.45) is 0 Å². The van der Waals surface area contributed by atoms with E-state index in [1.165, 1.54) is 22.7 Å². The molecule has 4 aromatic rings. The molecule has 36 heavy (non-hydrogen) atoms. The lowest BCUT2D eigenvalue weighted by molar-refractivity contribution is -0.114. The second kappa shape index (κ2) is 11.2. The van der Waals surface area contributed by atoms with Crippen molar-refractivity contribution >= 4 is 23.5 Å². The molecular weight excluding hydrogens is 460 g/mol. The van der Waals surface area contributed by atoms with E-state index in [2.05, 4.69) is 9.97 Å². The zero-order valence-corrected chi connectivity index (χ0v) is 19.7. The Bertz CT molecular complexity index is 1460. The second-order valence-corrected chi connectivity index (χ2v) is 7.94. The third-order valence-corrected chi connectivity index (χ3v) is 5.57. The molecule has 0 aliphatic heterocycles. The molecule has 2 heterocycles. The van der Waals surface area contributed by atoms with Crippen molar-refractivity contribution in [1.29, 1.82) is 0 Å². The molecule has 0 radical (unpaired) electrons. The summed E-state index contributed by atoms with van der Waals surface area (Å²) in [7, 11) is 1.49. The number of aromatic amines is 1. The van der Waals surface area contributed by atoms with E-state index in [1.807, 2.05) is 65.4 Å². The molecule has 0 bridgehead atoms. The minimum absolute atomic E-state index is 0.0827. The van der Waals surface area contributed by atoms with Gasteiger partial charge in [0.1, 0.15) is 5.82 Å². The van der Waals surface area contributed by atoms with E-state index in [9.17, 15) is 14.4 Å². The largest absolute Gasteiger partial charge is 0.383 e. The minimum atomic E-state index is -0.742. The smallest absolute Gasteiger partial charge is 0.330 e. The Hall–Kier alpha value is -4.70. The molecule has 0 saturated heterocycles. The van der Waals surface area contributed by atoms with Crippen LogP contribution in [0.1, 0.15) is 11.1 Å². The van der Waals surface area contributed by atoms with Crippen molar-refractivity contribution < 1.29 is 9.53 Å². The number of aromatic nitrogens is 4. The fourth-order valence-electron chi connectivity index (χ4n) is 3.70. The predicted molar refractivity (Wildman–Crippen MR) is 138 cm³/mol. The molecule has 184 valence electrons. The summed E-state index contributed by atoms with van der Waals surface area (Å²) in [4.78, 5) is 46.1. The molecule has 0 spiro atoms. The Morgan fingerprint density at radius 3 is 2.56 bits per heavy atom. The Labute approximate surface area is 206 Å². The summed E-state index contributed by atoms with van der Waals surface area (Å²) in [6.07, 6.45) is 8.26. The van der Waals surface area contributed by atoms with Crippen molar-refractivity contribution in [3.8, 4) is 5.69 Å². The third-order valence-electron chi connectivity index (χ3n) is 5.57. The number of nitrogens with zero attached hydrogens (tertiary/aromatic N) is 4. The zero-order valence-electron chi connectivity index (χ0n) is 19.7. The molecule has 0 aliphatic rings. The van der Waals surface area contributed by atoms with E-state index in [0.717, 1.165) is 16.8 Å². The Morgan fingerprint density at radius 2 is 1.89 bits per heavy atom. The topological polar surface area (TPSA) is 128 Å². The van der Waals surface area contributed by atoms with Gasteiger partial charge in [0.2, 0.25) is 0 Å². The van der Waals surface area contributed by atoms with Gasteiger partial charge in [-0.05, 0) is 29.3 Å². The van der Waals surface area contributed by atoms with Crippen LogP contribution >= 0.6 is 0 Å². The van der Waals surface area contributed by atoms with Crippen LogP contribution in [0.2, 0.25) is 0 Å². The number of benzene rings is 2. The van der Waals surface area contributed by atoms with Crippen molar-refractivity contribution in [1.82, 2.24) is 19.1 Å². The molecule has 0 atom stereocenters. The van der Waals surface area contributed by atoms with Crippen LogP contribution in [0.4, 0.5) is 11.5 Å². The quantitative estimate of drug-likeness (QED) is 0.349. The monoisotopic (exact) mass is 486 g/mol. The van der Waals surface area contributed by atoms with E-state index in [4.69, 9.17) is 10.5 Å². The van der Waals surface area contributed by atoms with Gasteiger partial charge in [0, 0.05) is 31.3 Å². The number of hydrogen-bond donors (Lipinski definition) is 2. The van der Waals surface area contributed by atoms with Crippen LogP contribution in [0.15, 0.2) is 89.0 Å². The Morgan fingerprint density at radius 1 is 1.14 bits per heavy atom. The van der Waals surface area contributed by atoms with Crippen molar-refractivity contribution in [2.75, 3.05) is 24.4 Å². The Balaban J connectivity index is 1.68. The number of carbonyl (C=O) groups is 1. The predicted octanol–water partition coefficient (Wildman–Crippen LogP) is 2.20. The van der Waals surface area contributed by atoms with Gasteiger partial charge < -0.3 is 15.0 Å². The first kappa shape index (κ1) is 24.4. The summed E-state index contributed by atoms with van der Waals surface area (Å²) < 4.78 is 8.10. The van der Waals surface area contributed by atoms with Crippen LogP contribution < -0.4 is 21.9 Å². The number of hydrogen-bond acceptors (Lipinski definition) is 6. The average molecular weight is 487 g/mol. The van der Waals surface area contributed by atoms with Crippen LogP contribution in [0, 0.1) is 0 Å². The van der Waals surface area contributed by atoms with E-state index < -0.39 is 17.2 Å². The van der Waals surface area contributed by atoms with Gasteiger partial charge in [-0.3, -0.25) is 24.0 Å². The summed E-state index contributed by atoms with van der Waals surface area (Å²) in [6.45, 7) is 0.411. The van der Waals surface area contributed by atoms with Gasteiger partial charge in [-0.15, -0.1) is 0 Å². The summed E-state index contributed by atoms with van der Waals surface area (Å²) >= 11 is 0. The van der Waals surface area contributed by atoms with Gasteiger partial charge in [0.15, 0.2) is 5.69 Å². The number of nitrogens with two attached hydrogens (primary N) is 1. The van der Waals surface area contributed by atoms with Crippen LogP contribution in [-0.2, 0) is 22.6 Å². The molecule has 10 heteroatoms. The molecular formula is C26H26N6O4. The molecule has 1 amide bonds. The summed E-state index contributed by atoms with van der Waals surface area (Å²) in [6, 6.07) is 16.7. The first-order valence-electron chi connectivity index (χ1n) is 11.2. The van der Waals surface area contributed by atoms with Crippen LogP contribution in [0.3, 0.4) is 0 Å². The van der Waals surface area contributed by atoms with E-state index in [1.54, 1.807) is 18.6 Å². The molecule has 0 unspecified atom stereocenters. The lowest BCUT2D eigenvalue weighted by Crippen LogP contribution is -2.40. The number of nitrogen functional groups attached to an aromatic ring is 1. The highest BCUT2D eigenvalue weighted by Gasteiger charge is 2.23. The molecule has 2 aromatic heterocycles. The standard InChI is InChI=1S/C26H26N6O4/c1-36-16-15-31-24(27)23(25(34)29-26(31)35)32(17-20-5-3-2-4-6-20)22(33)12-9-19-7-10-21(11-8-19)30-14-13-28-18-30/h2-14,18H,15-17,27H2,1H3,(H,29,34,35)/b12-9+. The van der Waals surface area contributed by atoms with E-state index in [0.29, 0.717) is 0 Å². The molecule has 0 fully saturated rings. The molecule has 10 nitrogen and oxygen atoms in total. The van der Waals surface area contributed by atoms with E-state index >= 15 is 0 Å². The van der Waals surface area contributed by atoms with Crippen LogP contribution in [-0.4, -0.2) is 38.7 Å². The van der Waals surface area contributed by atoms with Crippen molar-refractivity contribution in [2.45, 2.75) is 13.1 Å². The summed E-state index contributed by atoms with van der Waals surface area (Å²) in [5, 5.41) is 0. The maximum Gasteiger partial charge on any atom is 0.330 e. The Kier molecular flexibility index (Phi) is 7.57. The van der Waals surface area contributed by atoms with Gasteiger partial charge in [0.05, 0.1) is 26.0 Å². The summed E-state index contributed by atoms with van der Waals surface area (Å²) in [5.41, 5.74) is 7.25. The molecule has 3 N–H and O–H groups in total. The fourth-order valence-corrected chi connectivity index (χ4v) is 3.70. The fraction of sp³-hybridized carbons (Fsp3) is 0.154. The number of methoxy groups -OCH3 is 1. The highest BCUT2D eigenvalue weighted by atomic mass is 16.5. The van der Waals surface area contributed by atoms with Crippen molar-refractivity contribution in [3.05, 3.63) is 111 Å². The number of amides is 1. The first-order valence-corrected chi connectivity index (χ1v) is 11.2. The summed E-state index contributed by atoms with van der Waals surface area (Å²) in [5.74, 6) is -0.574. The number of ether oxygens (including phenoxy) is 1. The second-order valence-electron chi connectivity index (χ2n) is 7.94. The van der Waals surface area contributed by atoms with Crippen LogP contribution in [0.25, 0.3) is 11.8 Å². The van der Waals surface area contributed by atoms with Gasteiger partial charge in [-0.25, -0.2) is 9.78 Å². The number of imidazole rings is 1. The zero-order chi connectivity index (χ0) is 25.5.